The van der Waals surface area contributed by atoms with E-state index in [2.05, 4.69) is 21.4 Å². The molecule has 7 nitrogen and oxygen atoms in total. The molecule has 0 unspecified atom stereocenters. The van der Waals surface area contributed by atoms with E-state index in [9.17, 15) is 9.18 Å². The first-order chi connectivity index (χ1) is 16.5. The van der Waals surface area contributed by atoms with Crippen LogP contribution >= 0.6 is 0 Å². The quantitative estimate of drug-likeness (QED) is 0.531. The lowest BCUT2D eigenvalue weighted by Crippen LogP contribution is -2.40. The van der Waals surface area contributed by atoms with Crippen molar-refractivity contribution >= 4 is 11.9 Å². The summed E-state index contributed by atoms with van der Waals surface area (Å²) in [7, 11) is 1.85. The second kappa shape index (κ2) is 9.08. The lowest BCUT2D eigenvalue weighted by Gasteiger charge is -2.34. The second-order valence-corrected chi connectivity index (χ2v) is 9.01. The number of hydrogen-bond donors (Lipinski definition) is 1. The average Bonchev–Trinajstić information content (AvgIpc) is 3.59. The van der Waals surface area contributed by atoms with Crippen molar-refractivity contribution in [2.75, 3.05) is 25.5 Å². The molecule has 2 aromatic heterocycles. The summed E-state index contributed by atoms with van der Waals surface area (Å²) in [6.07, 6.45) is 8.05. The molecule has 1 aliphatic carbocycles. The van der Waals surface area contributed by atoms with Gasteiger partial charge >= 0.3 is 0 Å². The first-order valence-corrected chi connectivity index (χ1v) is 11.9. The number of rotatable bonds is 8. The summed E-state index contributed by atoms with van der Waals surface area (Å²) >= 11 is 0. The molecule has 3 aromatic rings. The van der Waals surface area contributed by atoms with E-state index in [-0.39, 0.29) is 17.7 Å². The van der Waals surface area contributed by atoms with E-state index in [1.54, 1.807) is 12.3 Å². The Morgan fingerprint density at radius 1 is 1.26 bits per heavy atom. The van der Waals surface area contributed by atoms with Crippen LogP contribution in [-0.2, 0) is 13.0 Å². The van der Waals surface area contributed by atoms with Gasteiger partial charge in [0.1, 0.15) is 0 Å². The highest BCUT2D eigenvalue weighted by atomic mass is 19.1. The van der Waals surface area contributed by atoms with E-state index in [0.29, 0.717) is 31.3 Å². The highest BCUT2D eigenvalue weighted by molar-refractivity contribution is 5.97. The van der Waals surface area contributed by atoms with Gasteiger partial charge in [-0.1, -0.05) is 6.07 Å². The van der Waals surface area contributed by atoms with Gasteiger partial charge in [-0.2, -0.15) is 0 Å². The van der Waals surface area contributed by atoms with Crippen molar-refractivity contribution in [3.63, 3.8) is 0 Å². The predicted molar refractivity (Wildman–Crippen MR) is 128 cm³/mol. The fraction of sp³-hybridized carbons (Fsp3) is 0.423. The smallest absolute Gasteiger partial charge is 0.254 e. The van der Waals surface area contributed by atoms with Gasteiger partial charge in [-0.15, -0.1) is 0 Å². The third-order valence-corrected chi connectivity index (χ3v) is 6.78. The van der Waals surface area contributed by atoms with Gasteiger partial charge in [0.15, 0.2) is 11.6 Å². The van der Waals surface area contributed by atoms with Crippen LogP contribution in [0.3, 0.4) is 0 Å². The zero-order valence-corrected chi connectivity index (χ0v) is 19.8. The number of halogens is 1. The van der Waals surface area contributed by atoms with Crippen LogP contribution in [0.2, 0.25) is 0 Å². The molecule has 1 N–H and O–H groups in total. The van der Waals surface area contributed by atoms with Crippen molar-refractivity contribution < 1.29 is 13.9 Å². The van der Waals surface area contributed by atoms with Crippen molar-refractivity contribution in [1.29, 1.82) is 0 Å². The van der Waals surface area contributed by atoms with Crippen LogP contribution < -0.4 is 10.1 Å². The van der Waals surface area contributed by atoms with Gasteiger partial charge in [-0.05, 0) is 61.8 Å². The number of nitrogens with one attached hydrogen (secondary N) is 1. The summed E-state index contributed by atoms with van der Waals surface area (Å²) in [6, 6.07) is 5.62. The number of aromatic nitrogens is 3. The summed E-state index contributed by atoms with van der Waals surface area (Å²) in [6.45, 7) is 5.37. The van der Waals surface area contributed by atoms with E-state index in [0.717, 1.165) is 23.5 Å². The molecule has 3 heterocycles. The molecule has 0 spiro atoms. The molecule has 2 aliphatic rings. The largest absolute Gasteiger partial charge is 0.491 e. The number of ether oxygens (including phenoxy) is 1. The molecule has 1 fully saturated rings. The third kappa shape index (κ3) is 4.13. The van der Waals surface area contributed by atoms with Crippen LogP contribution in [0, 0.1) is 5.82 Å². The first kappa shape index (κ1) is 22.4. The Morgan fingerprint density at radius 3 is 2.82 bits per heavy atom. The summed E-state index contributed by atoms with van der Waals surface area (Å²) in [5.41, 5.74) is 4.99. The topological polar surface area (TPSA) is 72.3 Å². The minimum Gasteiger partial charge on any atom is -0.491 e. The number of carbonyl (C=O) groups is 1. The number of carbonyl (C=O) groups excluding carboxylic acids is 1. The Balaban J connectivity index is 1.47. The Hall–Kier alpha value is -3.42. The molecule has 0 saturated heterocycles. The van der Waals surface area contributed by atoms with E-state index in [1.165, 1.54) is 30.2 Å². The molecule has 1 amide bonds. The fourth-order valence-corrected chi connectivity index (χ4v) is 4.89. The molecule has 0 radical (unpaired) electrons. The van der Waals surface area contributed by atoms with Crippen molar-refractivity contribution in [3.8, 4) is 5.75 Å². The number of pyridine rings is 1. The maximum Gasteiger partial charge on any atom is 0.254 e. The Labute approximate surface area is 199 Å². The fourth-order valence-electron chi connectivity index (χ4n) is 4.89. The van der Waals surface area contributed by atoms with Crippen LogP contribution in [0.1, 0.15) is 71.4 Å². The molecule has 1 aromatic carbocycles. The van der Waals surface area contributed by atoms with Crippen LogP contribution in [0.15, 0.2) is 36.8 Å². The van der Waals surface area contributed by atoms with Gasteiger partial charge in [0.05, 0.1) is 31.1 Å². The van der Waals surface area contributed by atoms with Gasteiger partial charge < -0.3 is 19.5 Å². The third-order valence-electron chi connectivity index (χ3n) is 6.78. The van der Waals surface area contributed by atoms with Gasteiger partial charge in [0.25, 0.3) is 5.91 Å². The Kier molecular flexibility index (Phi) is 5.98. The number of benzene rings is 1. The van der Waals surface area contributed by atoms with Crippen molar-refractivity contribution in [2.24, 2.45) is 0 Å². The van der Waals surface area contributed by atoms with E-state index in [4.69, 9.17) is 4.74 Å². The molecular weight excluding hydrogens is 433 g/mol. The molecule has 34 heavy (non-hydrogen) atoms. The minimum absolute atomic E-state index is 0.000978. The monoisotopic (exact) mass is 463 g/mol. The number of imidazole rings is 1. The zero-order chi connectivity index (χ0) is 23.8. The van der Waals surface area contributed by atoms with E-state index in [1.807, 2.05) is 42.6 Å². The number of amides is 1. The maximum atomic E-state index is 14.0. The summed E-state index contributed by atoms with van der Waals surface area (Å²) < 4.78 is 21.5. The normalized spacial score (nSPS) is 16.4. The highest BCUT2D eigenvalue weighted by Gasteiger charge is 2.35. The first-order valence-electron chi connectivity index (χ1n) is 11.9. The lowest BCUT2D eigenvalue weighted by molar-refractivity contribution is 0.0668. The summed E-state index contributed by atoms with van der Waals surface area (Å²) in [4.78, 5) is 24.2. The average molecular weight is 464 g/mol. The molecule has 1 atom stereocenters. The highest BCUT2D eigenvalue weighted by Crippen LogP contribution is 2.44. The molecule has 0 bridgehead atoms. The van der Waals surface area contributed by atoms with Crippen LogP contribution in [0.4, 0.5) is 10.3 Å². The molecule has 1 aliphatic heterocycles. The SMILES string of the molecule is CCOc1cc([C@H](C)N2CCc3c(cc(Cn4ccnc4NC)cc3C3CC3)C2=O)ncc1F. The minimum atomic E-state index is -0.493. The van der Waals surface area contributed by atoms with Gasteiger partial charge in [0, 0.05) is 37.6 Å². The Bertz CT molecular complexity index is 1220. The number of nitrogens with zero attached hydrogens (tertiary/aromatic N) is 4. The number of anilines is 1. The summed E-state index contributed by atoms with van der Waals surface area (Å²) in [5.74, 6) is 1.01. The van der Waals surface area contributed by atoms with Crippen molar-refractivity contribution in [2.45, 2.75) is 51.6 Å². The van der Waals surface area contributed by atoms with Gasteiger partial charge in [-0.3, -0.25) is 9.78 Å². The van der Waals surface area contributed by atoms with Crippen molar-refractivity contribution in [1.82, 2.24) is 19.4 Å². The van der Waals surface area contributed by atoms with Crippen LogP contribution in [-0.4, -0.2) is 45.5 Å². The van der Waals surface area contributed by atoms with E-state index >= 15 is 0 Å². The zero-order valence-electron chi connectivity index (χ0n) is 19.8. The predicted octanol–water partition coefficient (Wildman–Crippen LogP) is 4.54. The second-order valence-electron chi connectivity index (χ2n) is 9.01. The lowest BCUT2D eigenvalue weighted by atomic mass is 9.88. The van der Waals surface area contributed by atoms with Gasteiger partial charge in [0.2, 0.25) is 5.95 Å². The molecule has 1 saturated carbocycles. The molecule has 5 rings (SSSR count). The van der Waals surface area contributed by atoms with E-state index < -0.39 is 5.82 Å². The maximum absolute atomic E-state index is 14.0. The number of fused-ring (bicyclic) bond motifs is 1. The number of hydrogen-bond acceptors (Lipinski definition) is 5. The molecule has 178 valence electrons. The molecular formula is C26H30FN5O2. The van der Waals surface area contributed by atoms with Crippen LogP contribution in [0.25, 0.3) is 0 Å². The van der Waals surface area contributed by atoms with Gasteiger partial charge in [-0.25, -0.2) is 9.37 Å². The van der Waals surface area contributed by atoms with Crippen LogP contribution in [0.5, 0.6) is 5.75 Å². The van der Waals surface area contributed by atoms with Crippen molar-refractivity contribution in [3.05, 3.63) is 70.6 Å². The molecule has 8 heteroatoms. The summed E-state index contributed by atoms with van der Waals surface area (Å²) in [5, 5.41) is 3.11. The Morgan fingerprint density at radius 2 is 2.09 bits per heavy atom. The standard InChI is InChI=1S/C26H30FN5O2/c1-4-34-24-13-23(30-14-22(24)27)16(2)32-9-7-19-20(18-5-6-18)11-17(12-21(19)25(32)33)15-31-10-8-29-26(31)28-3/h8,10-14,16,18H,4-7,9,15H2,1-3H3,(H,28,29)/t16-/m0/s1.